The lowest BCUT2D eigenvalue weighted by atomic mass is 9.91. The van der Waals surface area contributed by atoms with Crippen LogP contribution < -0.4 is 14.8 Å². The SMILES string of the molecule is C[C@]1(c2ccc3c(c2)OCO3)NC(=O)N(Cc2c(F)cccc2Cl)C1=O. The van der Waals surface area contributed by atoms with Crippen molar-refractivity contribution >= 4 is 23.5 Å². The molecule has 2 aliphatic heterocycles. The molecule has 0 unspecified atom stereocenters. The number of amides is 3. The molecule has 0 bridgehead atoms. The number of benzene rings is 2. The fourth-order valence-electron chi connectivity index (χ4n) is 3.09. The molecule has 134 valence electrons. The summed E-state index contributed by atoms with van der Waals surface area (Å²) >= 11 is 6.02. The Morgan fingerprint density at radius 2 is 2.00 bits per heavy atom. The fourth-order valence-corrected chi connectivity index (χ4v) is 3.31. The van der Waals surface area contributed by atoms with Crippen LogP contribution in [0.2, 0.25) is 5.02 Å². The molecule has 3 amide bonds. The van der Waals surface area contributed by atoms with E-state index in [1.807, 2.05) is 0 Å². The Morgan fingerprint density at radius 1 is 1.23 bits per heavy atom. The number of rotatable bonds is 3. The summed E-state index contributed by atoms with van der Waals surface area (Å²) < 4.78 is 24.6. The summed E-state index contributed by atoms with van der Waals surface area (Å²) in [5.41, 5.74) is -0.662. The number of carbonyl (C=O) groups excluding carboxylic acids is 2. The Morgan fingerprint density at radius 3 is 2.77 bits per heavy atom. The molecule has 2 aliphatic rings. The molecule has 1 atom stereocenters. The normalized spacial score (nSPS) is 21.3. The van der Waals surface area contributed by atoms with E-state index in [9.17, 15) is 14.0 Å². The van der Waals surface area contributed by atoms with Crippen LogP contribution in [0.3, 0.4) is 0 Å². The van der Waals surface area contributed by atoms with Crippen LogP contribution in [0.15, 0.2) is 36.4 Å². The van der Waals surface area contributed by atoms with Gasteiger partial charge in [0.1, 0.15) is 11.4 Å². The fraction of sp³-hybridized carbons (Fsp3) is 0.222. The summed E-state index contributed by atoms with van der Waals surface area (Å²) in [5, 5.41) is 2.83. The molecule has 1 saturated heterocycles. The molecular formula is C18H14ClFN2O4. The quantitative estimate of drug-likeness (QED) is 0.835. The first kappa shape index (κ1) is 16.7. The van der Waals surface area contributed by atoms with E-state index in [-0.39, 0.29) is 23.9 Å². The van der Waals surface area contributed by atoms with Gasteiger partial charge in [0.05, 0.1) is 6.54 Å². The number of urea groups is 1. The highest BCUT2D eigenvalue weighted by Crippen LogP contribution is 2.38. The zero-order valence-corrected chi connectivity index (χ0v) is 14.5. The van der Waals surface area contributed by atoms with Crippen LogP contribution in [0.25, 0.3) is 0 Å². The van der Waals surface area contributed by atoms with Gasteiger partial charge in [-0.3, -0.25) is 9.69 Å². The van der Waals surface area contributed by atoms with Crippen molar-refractivity contribution in [1.82, 2.24) is 10.2 Å². The molecule has 0 aliphatic carbocycles. The lowest BCUT2D eigenvalue weighted by Gasteiger charge is -2.22. The molecule has 2 aromatic carbocycles. The van der Waals surface area contributed by atoms with Crippen molar-refractivity contribution in [2.24, 2.45) is 0 Å². The van der Waals surface area contributed by atoms with Gasteiger partial charge in [-0.25, -0.2) is 9.18 Å². The number of fused-ring (bicyclic) bond motifs is 1. The van der Waals surface area contributed by atoms with Gasteiger partial charge < -0.3 is 14.8 Å². The van der Waals surface area contributed by atoms with Gasteiger partial charge in [-0.2, -0.15) is 0 Å². The summed E-state index contributed by atoms with van der Waals surface area (Å²) in [5.74, 6) is 0.000886. The summed E-state index contributed by atoms with van der Waals surface area (Å²) in [6, 6.07) is 8.61. The summed E-state index contributed by atoms with van der Waals surface area (Å²) in [6.45, 7) is 1.44. The predicted octanol–water partition coefficient (Wildman–Crippen LogP) is 3.18. The minimum atomic E-state index is -1.30. The third-order valence-electron chi connectivity index (χ3n) is 4.60. The van der Waals surface area contributed by atoms with Gasteiger partial charge in [0.15, 0.2) is 11.5 Å². The van der Waals surface area contributed by atoms with Gasteiger partial charge in [0.25, 0.3) is 5.91 Å². The average Bonchev–Trinajstić information content (AvgIpc) is 3.15. The first-order chi connectivity index (χ1) is 12.4. The maximum absolute atomic E-state index is 14.0. The van der Waals surface area contributed by atoms with Crippen LogP contribution in [0.4, 0.5) is 9.18 Å². The zero-order valence-electron chi connectivity index (χ0n) is 13.7. The number of nitrogens with one attached hydrogen (secondary N) is 1. The van der Waals surface area contributed by atoms with E-state index in [1.165, 1.54) is 18.2 Å². The standard InChI is InChI=1S/C18H14ClFN2O4/c1-18(10-5-6-14-15(7-10)26-9-25-14)16(23)22(17(24)21-18)8-11-12(19)3-2-4-13(11)20/h2-7H,8-9H2,1H3,(H,21,24)/t18-/m1/s1. The maximum Gasteiger partial charge on any atom is 0.325 e. The van der Waals surface area contributed by atoms with Gasteiger partial charge >= 0.3 is 6.03 Å². The van der Waals surface area contributed by atoms with E-state index >= 15 is 0 Å². The zero-order chi connectivity index (χ0) is 18.5. The molecule has 4 rings (SSSR count). The van der Waals surface area contributed by atoms with Crippen LogP contribution in [0, 0.1) is 5.82 Å². The second kappa shape index (κ2) is 5.88. The summed E-state index contributed by atoms with van der Waals surface area (Å²) in [6.07, 6.45) is 0. The lowest BCUT2D eigenvalue weighted by Crippen LogP contribution is -2.40. The molecular weight excluding hydrogens is 363 g/mol. The smallest absolute Gasteiger partial charge is 0.325 e. The maximum atomic E-state index is 14.0. The number of hydrogen-bond acceptors (Lipinski definition) is 4. The lowest BCUT2D eigenvalue weighted by molar-refractivity contribution is -0.131. The first-order valence-electron chi connectivity index (χ1n) is 7.87. The topological polar surface area (TPSA) is 67.9 Å². The second-order valence-electron chi connectivity index (χ2n) is 6.21. The van der Waals surface area contributed by atoms with Crippen LogP contribution in [0.1, 0.15) is 18.1 Å². The molecule has 8 heteroatoms. The monoisotopic (exact) mass is 376 g/mol. The Hall–Kier alpha value is -2.80. The van der Waals surface area contributed by atoms with Crippen LogP contribution in [0.5, 0.6) is 11.5 Å². The van der Waals surface area contributed by atoms with Crippen molar-refractivity contribution in [3.8, 4) is 11.5 Å². The third kappa shape index (κ3) is 2.47. The Balaban J connectivity index is 1.66. The predicted molar refractivity (Wildman–Crippen MR) is 90.4 cm³/mol. The molecule has 6 nitrogen and oxygen atoms in total. The van der Waals surface area contributed by atoms with E-state index in [1.54, 1.807) is 25.1 Å². The summed E-state index contributed by atoms with van der Waals surface area (Å²) in [7, 11) is 0. The van der Waals surface area contributed by atoms with Crippen molar-refractivity contribution in [1.29, 1.82) is 0 Å². The summed E-state index contributed by atoms with van der Waals surface area (Å²) in [4.78, 5) is 26.3. The molecule has 0 spiro atoms. The van der Waals surface area contributed by atoms with Crippen molar-refractivity contribution in [3.63, 3.8) is 0 Å². The Kier molecular flexibility index (Phi) is 3.77. The molecule has 2 heterocycles. The molecule has 0 aromatic heterocycles. The van der Waals surface area contributed by atoms with Crippen LogP contribution in [-0.4, -0.2) is 23.6 Å². The molecule has 1 N–H and O–H groups in total. The van der Waals surface area contributed by atoms with Crippen LogP contribution >= 0.6 is 11.6 Å². The number of hydrogen-bond donors (Lipinski definition) is 1. The van der Waals surface area contributed by atoms with Crippen molar-refractivity contribution in [2.75, 3.05) is 6.79 Å². The van der Waals surface area contributed by atoms with E-state index in [0.717, 1.165) is 4.90 Å². The van der Waals surface area contributed by atoms with Gasteiger partial charge in [0.2, 0.25) is 6.79 Å². The number of ether oxygens (including phenoxy) is 2. The Bertz CT molecular complexity index is 915. The molecule has 26 heavy (non-hydrogen) atoms. The minimum absolute atomic E-state index is 0.0904. The van der Waals surface area contributed by atoms with Gasteiger partial charge in [-0.05, 0) is 36.8 Å². The minimum Gasteiger partial charge on any atom is -0.454 e. The highest BCUT2D eigenvalue weighted by molar-refractivity contribution is 6.31. The van der Waals surface area contributed by atoms with E-state index in [2.05, 4.69) is 5.32 Å². The van der Waals surface area contributed by atoms with Gasteiger partial charge in [-0.1, -0.05) is 23.7 Å². The van der Waals surface area contributed by atoms with Crippen LogP contribution in [-0.2, 0) is 16.9 Å². The van der Waals surface area contributed by atoms with Crippen molar-refractivity contribution in [2.45, 2.75) is 19.0 Å². The van der Waals surface area contributed by atoms with E-state index < -0.39 is 23.3 Å². The van der Waals surface area contributed by atoms with E-state index in [0.29, 0.717) is 17.1 Å². The Labute approximate surface area is 153 Å². The second-order valence-corrected chi connectivity index (χ2v) is 6.62. The van der Waals surface area contributed by atoms with Gasteiger partial charge in [-0.15, -0.1) is 0 Å². The highest BCUT2D eigenvalue weighted by Gasteiger charge is 2.49. The average molecular weight is 377 g/mol. The molecule has 0 saturated carbocycles. The first-order valence-corrected chi connectivity index (χ1v) is 8.25. The third-order valence-corrected chi connectivity index (χ3v) is 4.96. The highest BCUT2D eigenvalue weighted by atomic mass is 35.5. The molecule has 1 fully saturated rings. The van der Waals surface area contributed by atoms with Gasteiger partial charge in [0, 0.05) is 10.6 Å². The number of imide groups is 1. The molecule has 2 aromatic rings. The number of nitrogens with zero attached hydrogens (tertiary/aromatic N) is 1. The largest absolute Gasteiger partial charge is 0.454 e. The van der Waals surface area contributed by atoms with Crippen molar-refractivity contribution in [3.05, 3.63) is 58.4 Å². The van der Waals surface area contributed by atoms with E-state index in [4.69, 9.17) is 21.1 Å². The number of carbonyl (C=O) groups is 2. The molecule has 0 radical (unpaired) electrons. The number of halogens is 2. The van der Waals surface area contributed by atoms with Crippen molar-refractivity contribution < 1.29 is 23.5 Å².